The Labute approximate surface area is 109 Å². The molecular weight excluding hydrogens is 240 g/mol. The summed E-state index contributed by atoms with van der Waals surface area (Å²) in [5, 5.41) is 0. The second-order valence-electron chi connectivity index (χ2n) is 4.45. The predicted molar refractivity (Wildman–Crippen MR) is 74.7 cm³/mol. The summed E-state index contributed by atoms with van der Waals surface area (Å²) >= 11 is 0. The molecule has 3 rings (SSSR count). The summed E-state index contributed by atoms with van der Waals surface area (Å²) in [6, 6.07) is 11.0. The number of aromatic amines is 1. The standard InChI is InChI=1S/C14H14N4O/c1-18-12-7-9(8-15)5-6-10(12)17-14(18)11-3-2-4-13(19)16-11/h2-7H,8,15H2,1H3,(H,16,19). The first kappa shape index (κ1) is 11.7. The Morgan fingerprint density at radius 1 is 1.32 bits per heavy atom. The summed E-state index contributed by atoms with van der Waals surface area (Å²) in [6.45, 7) is 0.499. The average Bonchev–Trinajstić information content (AvgIpc) is 2.76. The summed E-state index contributed by atoms with van der Waals surface area (Å²) in [7, 11) is 1.93. The van der Waals surface area contributed by atoms with Crippen LogP contribution in [0.4, 0.5) is 0 Å². The van der Waals surface area contributed by atoms with Crippen LogP contribution in [0.25, 0.3) is 22.6 Å². The molecule has 2 aromatic heterocycles. The monoisotopic (exact) mass is 254 g/mol. The van der Waals surface area contributed by atoms with Crippen LogP contribution in [0.5, 0.6) is 0 Å². The molecule has 0 aliphatic rings. The van der Waals surface area contributed by atoms with Gasteiger partial charge in [0.1, 0.15) is 0 Å². The van der Waals surface area contributed by atoms with Gasteiger partial charge >= 0.3 is 0 Å². The maximum atomic E-state index is 11.4. The van der Waals surface area contributed by atoms with Gasteiger partial charge in [-0.2, -0.15) is 0 Å². The first-order valence-corrected chi connectivity index (χ1v) is 6.04. The lowest BCUT2D eigenvalue weighted by atomic mass is 10.2. The van der Waals surface area contributed by atoms with Crippen molar-refractivity contribution < 1.29 is 0 Å². The molecule has 5 heteroatoms. The Bertz CT molecular complexity index is 801. The highest BCUT2D eigenvalue weighted by Gasteiger charge is 2.10. The molecule has 3 aromatic rings. The van der Waals surface area contributed by atoms with Gasteiger partial charge in [0.25, 0.3) is 0 Å². The lowest BCUT2D eigenvalue weighted by Crippen LogP contribution is -2.05. The second kappa shape index (κ2) is 4.37. The van der Waals surface area contributed by atoms with E-state index in [2.05, 4.69) is 9.97 Å². The third-order valence-corrected chi connectivity index (χ3v) is 3.19. The number of aromatic nitrogens is 3. The molecule has 0 radical (unpaired) electrons. The van der Waals surface area contributed by atoms with Gasteiger partial charge < -0.3 is 15.3 Å². The molecule has 0 atom stereocenters. The van der Waals surface area contributed by atoms with Crippen LogP contribution in [-0.2, 0) is 13.6 Å². The minimum absolute atomic E-state index is 0.132. The number of fused-ring (bicyclic) bond motifs is 1. The molecule has 0 aliphatic carbocycles. The van der Waals surface area contributed by atoms with Crippen molar-refractivity contribution in [3.63, 3.8) is 0 Å². The normalized spacial score (nSPS) is 11.1. The van der Waals surface area contributed by atoms with Gasteiger partial charge in [-0.1, -0.05) is 12.1 Å². The van der Waals surface area contributed by atoms with Gasteiger partial charge in [0.15, 0.2) is 5.82 Å². The van der Waals surface area contributed by atoms with E-state index in [9.17, 15) is 4.79 Å². The molecule has 1 aromatic carbocycles. The number of imidazole rings is 1. The van der Waals surface area contributed by atoms with Crippen molar-refractivity contribution in [1.82, 2.24) is 14.5 Å². The third kappa shape index (κ3) is 1.94. The zero-order valence-corrected chi connectivity index (χ0v) is 10.6. The highest BCUT2D eigenvalue weighted by Crippen LogP contribution is 2.22. The van der Waals surface area contributed by atoms with Crippen LogP contribution in [0.1, 0.15) is 5.56 Å². The van der Waals surface area contributed by atoms with Crippen LogP contribution in [0.15, 0.2) is 41.2 Å². The fourth-order valence-electron chi connectivity index (χ4n) is 2.18. The molecule has 19 heavy (non-hydrogen) atoms. The van der Waals surface area contributed by atoms with Crippen molar-refractivity contribution in [2.75, 3.05) is 0 Å². The van der Waals surface area contributed by atoms with E-state index in [1.54, 1.807) is 6.07 Å². The van der Waals surface area contributed by atoms with Crippen molar-refractivity contribution in [3.8, 4) is 11.5 Å². The quantitative estimate of drug-likeness (QED) is 0.725. The van der Waals surface area contributed by atoms with Gasteiger partial charge in [-0.3, -0.25) is 4.79 Å². The number of pyridine rings is 1. The molecule has 0 spiro atoms. The SMILES string of the molecule is Cn1c(-c2cccc(=O)[nH]2)nc2ccc(CN)cc21. The number of benzene rings is 1. The van der Waals surface area contributed by atoms with Gasteiger partial charge in [0.2, 0.25) is 5.56 Å². The third-order valence-electron chi connectivity index (χ3n) is 3.19. The molecule has 0 bridgehead atoms. The maximum Gasteiger partial charge on any atom is 0.248 e. The van der Waals surface area contributed by atoms with Crippen molar-refractivity contribution in [2.24, 2.45) is 12.8 Å². The van der Waals surface area contributed by atoms with E-state index >= 15 is 0 Å². The summed E-state index contributed by atoms with van der Waals surface area (Å²) in [4.78, 5) is 18.7. The van der Waals surface area contributed by atoms with E-state index in [4.69, 9.17) is 5.73 Å². The van der Waals surface area contributed by atoms with E-state index in [1.807, 2.05) is 35.9 Å². The molecule has 0 unspecified atom stereocenters. The van der Waals surface area contributed by atoms with Gasteiger partial charge in [0, 0.05) is 19.7 Å². The number of aryl methyl sites for hydroxylation is 1. The van der Waals surface area contributed by atoms with Crippen LogP contribution in [0.2, 0.25) is 0 Å². The largest absolute Gasteiger partial charge is 0.326 e. The Morgan fingerprint density at radius 2 is 2.16 bits per heavy atom. The molecule has 0 aliphatic heterocycles. The first-order valence-electron chi connectivity index (χ1n) is 6.04. The molecule has 0 fully saturated rings. The highest BCUT2D eigenvalue weighted by molar-refractivity contribution is 5.80. The molecule has 0 amide bonds. The second-order valence-corrected chi connectivity index (χ2v) is 4.45. The Morgan fingerprint density at radius 3 is 2.89 bits per heavy atom. The van der Waals surface area contributed by atoms with E-state index in [1.165, 1.54) is 6.07 Å². The molecule has 2 heterocycles. The Balaban J connectivity index is 2.25. The fraction of sp³-hybridized carbons (Fsp3) is 0.143. The Kier molecular flexibility index (Phi) is 2.68. The molecule has 5 nitrogen and oxygen atoms in total. The van der Waals surface area contributed by atoms with Crippen molar-refractivity contribution >= 4 is 11.0 Å². The van der Waals surface area contributed by atoms with Crippen LogP contribution in [-0.4, -0.2) is 14.5 Å². The predicted octanol–water partition coefficient (Wildman–Crippen LogP) is 1.39. The van der Waals surface area contributed by atoms with Crippen molar-refractivity contribution in [2.45, 2.75) is 6.54 Å². The van der Waals surface area contributed by atoms with E-state index in [0.29, 0.717) is 12.2 Å². The average molecular weight is 254 g/mol. The van der Waals surface area contributed by atoms with Crippen molar-refractivity contribution in [3.05, 3.63) is 52.3 Å². The molecule has 0 saturated carbocycles. The smallest absolute Gasteiger partial charge is 0.248 e. The topological polar surface area (TPSA) is 76.7 Å². The summed E-state index contributed by atoms with van der Waals surface area (Å²) < 4.78 is 1.96. The first-order chi connectivity index (χ1) is 9.19. The maximum absolute atomic E-state index is 11.4. The van der Waals surface area contributed by atoms with Gasteiger partial charge in [0.05, 0.1) is 16.7 Å². The van der Waals surface area contributed by atoms with Gasteiger partial charge in [-0.15, -0.1) is 0 Å². The molecule has 3 N–H and O–H groups in total. The lowest BCUT2D eigenvalue weighted by Gasteiger charge is -2.02. The number of nitrogens with one attached hydrogen (secondary N) is 1. The van der Waals surface area contributed by atoms with Gasteiger partial charge in [-0.25, -0.2) is 4.98 Å². The zero-order valence-electron chi connectivity index (χ0n) is 10.6. The van der Waals surface area contributed by atoms with Crippen LogP contribution in [0.3, 0.4) is 0 Å². The number of nitrogens with two attached hydrogens (primary N) is 1. The minimum atomic E-state index is -0.132. The van der Waals surface area contributed by atoms with E-state index in [-0.39, 0.29) is 5.56 Å². The number of hydrogen-bond acceptors (Lipinski definition) is 3. The highest BCUT2D eigenvalue weighted by atomic mass is 16.1. The number of nitrogens with zero attached hydrogens (tertiary/aromatic N) is 2. The number of rotatable bonds is 2. The Hall–Kier alpha value is -2.40. The summed E-state index contributed by atoms with van der Waals surface area (Å²) in [5.41, 5.74) is 9.18. The van der Waals surface area contributed by atoms with E-state index < -0.39 is 0 Å². The van der Waals surface area contributed by atoms with Crippen LogP contribution < -0.4 is 11.3 Å². The number of hydrogen-bond donors (Lipinski definition) is 2. The van der Waals surface area contributed by atoms with Crippen LogP contribution >= 0.6 is 0 Å². The lowest BCUT2D eigenvalue weighted by molar-refractivity contribution is 0.945. The zero-order chi connectivity index (χ0) is 13.4. The van der Waals surface area contributed by atoms with Crippen LogP contribution in [0, 0.1) is 0 Å². The molecular formula is C14H14N4O. The summed E-state index contributed by atoms with van der Waals surface area (Å²) in [6.07, 6.45) is 0. The van der Waals surface area contributed by atoms with Gasteiger partial charge in [-0.05, 0) is 23.8 Å². The molecule has 0 saturated heterocycles. The fourth-order valence-corrected chi connectivity index (χ4v) is 2.18. The summed E-state index contributed by atoms with van der Waals surface area (Å²) in [5.74, 6) is 0.738. The number of H-pyrrole nitrogens is 1. The minimum Gasteiger partial charge on any atom is -0.326 e. The van der Waals surface area contributed by atoms with E-state index in [0.717, 1.165) is 22.4 Å². The molecule has 96 valence electrons. The van der Waals surface area contributed by atoms with Crippen molar-refractivity contribution in [1.29, 1.82) is 0 Å².